The predicted molar refractivity (Wildman–Crippen MR) is 118 cm³/mol. The second kappa shape index (κ2) is 9.70. The summed E-state index contributed by atoms with van der Waals surface area (Å²) in [6.45, 7) is 0.402. The van der Waals surface area contributed by atoms with Gasteiger partial charge in [0.15, 0.2) is 0 Å². The first-order chi connectivity index (χ1) is 17.5. The smallest absolute Gasteiger partial charge is 0.417 e. The lowest BCUT2D eigenvalue weighted by Crippen LogP contribution is -2.47. The van der Waals surface area contributed by atoms with Crippen LogP contribution in [0, 0.1) is 0 Å². The van der Waals surface area contributed by atoms with Crippen LogP contribution < -0.4 is 9.64 Å². The molecule has 4 atom stereocenters. The molecule has 4 heterocycles. The Kier molecular flexibility index (Phi) is 6.71. The molecule has 0 aliphatic carbocycles. The number of carbonyl (C=O) groups is 1. The van der Waals surface area contributed by atoms with Crippen molar-refractivity contribution in [1.82, 2.24) is 4.98 Å². The average molecular weight is 530 g/mol. The van der Waals surface area contributed by atoms with Crippen LogP contribution in [-0.2, 0) is 21.8 Å². The van der Waals surface area contributed by atoms with Crippen LogP contribution in [0.25, 0.3) is 0 Å². The molecule has 200 valence electrons. The number of esters is 1. The van der Waals surface area contributed by atoms with Crippen LogP contribution in [0.4, 0.5) is 32.2 Å². The van der Waals surface area contributed by atoms with E-state index in [4.69, 9.17) is 14.2 Å². The number of fused-ring (bicyclic) bond motifs is 2. The number of pyridine rings is 1. The zero-order valence-electron chi connectivity index (χ0n) is 19.5. The van der Waals surface area contributed by atoms with Gasteiger partial charge in [0, 0.05) is 37.5 Å². The quantitative estimate of drug-likeness (QED) is 0.350. The van der Waals surface area contributed by atoms with Crippen molar-refractivity contribution < 1.29 is 45.3 Å². The van der Waals surface area contributed by atoms with E-state index in [-0.39, 0.29) is 23.4 Å². The molecule has 6 nitrogen and oxygen atoms in total. The van der Waals surface area contributed by atoms with Crippen LogP contribution in [0.15, 0.2) is 36.5 Å². The normalized spacial score (nSPS) is 25.8. The molecule has 0 spiro atoms. The van der Waals surface area contributed by atoms with Crippen molar-refractivity contribution in [2.24, 2.45) is 0 Å². The second-order valence-electron chi connectivity index (χ2n) is 9.46. The number of alkyl halides is 6. The summed E-state index contributed by atoms with van der Waals surface area (Å²) in [5, 5.41) is 0. The largest absolute Gasteiger partial charge is 0.489 e. The van der Waals surface area contributed by atoms with E-state index < -0.39 is 41.8 Å². The molecule has 3 saturated heterocycles. The van der Waals surface area contributed by atoms with Gasteiger partial charge in [-0.05, 0) is 49.6 Å². The van der Waals surface area contributed by atoms with Crippen molar-refractivity contribution in [2.45, 2.75) is 75.4 Å². The first-order valence-corrected chi connectivity index (χ1v) is 12.0. The summed E-state index contributed by atoms with van der Waals surface area (Å²) >= 11 is 0. The number of halogens is 6. The van der Waals surface area contributed by atoms with Crippen molar-refractivity contribution in [1.29, 1.82) is 0 Å². The van der Waals surface area contributed by atoms with E-state index in [9.17, 15) is 31.1 Å². The number of anilines is 1. The molecule has 3 aliphatic heterocycles. The highest BCUT2D eigenvalue weighted by atomic mass is 19.4. The second-order valence-corrected chi connectivity index (χ2v) is 9.46. The number of benzene rings is 1. The van der Waals surface area contributed by atoms with Gasteiger partial charge in [-0.15, -0.1) is 0 Å². The average Bonchev–Trinajstić information content (AvgIpc) is 3.43. The fraction of sp³-hybridized carbons (Fsp3) is 0.520. The Morgan fingerprint density at radius 3 is 2.19 bits per heavy atom. The van der Waals surface area contributed by atoms with Crippen molar-refractivity contribution in [3.63, 3.8) is 0 Å². The third-order valence-corrected chi connectivity index (χ3v) is 6.98. The highest BCUT2D eigenvalue weighted by molar-refractivity contribution is 5.93. The maximum absolute atomic E-state index is 13.3. The number of rotatable bonds is 5. The minimum absolute atomic E-state index is 0.0125. The molecule has 2 unspecified atom stereocenters. The number of hydrogen-bond donors (Lipinski definition) is 0. The molecule has 37 heavy (non-hydrogen) atoms. The van der Waals surface area contributed by atoms with E-state index in [0.717, 1.165) is 43.3 Å². The van der Waals surface area contributed by atoms with Crippen LogP contribution in [0.1, 0.15) is 60.0 Å². The van der Waals surface area contributed by atoms with Crippen LogP contribution >= 0.6 is 0 Å². The SMILES string of the molecule is O=C(OC1CCCO1)c1cc(C(F)(F)F)ccc1OC1C[C@H]2CC[C@@H](C1)N2c1ccc(C(F)(F)F)cn1. The van der Waals surface area contributed by atoms with Gasteiger partial charge in [-0.3, -0.25) is 0 Å². The van der Waals surface area contributed by atoms with E-state index in [1.807, 2.05) is 4.90 Å². The molecule has 5 rings (SSSR count). The monoisotopic (exact) mass is 530 g/mol. The lowest BCUT2D eigenvalue weighted by Gasteiger charge is -2.40. The van der Waals surface area contributed by atoms with E-state index >= 15 is 0 Å². The fourth-order valence-corrected chi connectivity index (χ4v) is 5.28. The Balaban J connectivity index is 1.33. The summed E-state index contributed by atoms with van der Waals surface area (Å²) in [6.07, 6.45) is -5.92. The first kappa shape index (κ1) is 25.6. The van der Waals surface area contributed by atoms with Crippen molar-refractivity contribution in [3.8, 4) is 5.75 Å². The molecule has 1 aromatic carbocycles. The molecule has 2 bridgehead atoms. The Morgan fingerprint density at radius 1 is 0.946 bits per heavy atom. The van der Waals surface area contributed by atoms with Gasteiger partial charge < -0.3 is 19.1 Å². The van der Waals surface area contributed by atoms with Crippen LogP contribution in [-0.4, -0.2) is 42.0 Å². The molecule has 3 aliphatic rings. The Labute approximate surface area is 208 Å². The number of carbonyl (C=O) groups excluding carboxylic acids is 1. The zero-order valence-corrected chi connectivity index (χ0v) is 19.5. The predicted octanol–water partition coefficient (Wildman–Crippen LogP) is 5.99. The third-order valence-electron chi connectivity index (χ3n) is 6.98. The molecule has 0 N–H and O–H groups in total. The number of piperidine rings is 1. The maximum Gasteiger partial charge on any atom is 0.417 e. The van der Waals surface area contributed by atoms with Gasteiger partial charge in [-0.2, -0.15) is 26.3 Å². The molecular formula is C25H24F6N2O4. The molecular weight excluding hydrogens is 506 g/mol. The zero-order chi connectivity index (χ0) is 26.4. The summed E-state index contributed by atoms with van der Waals surface area (Å²) in [7, 11) is 0. The van der Waals surface area contributed by atoms with Crippen LogP contribution in [0.2, 0.25) is 0 Å². The van der Waals surface area contributed by atoms with Gasteiger partial charge >= 0.3 is 18.3 Å². The van der Waals surface area contributed by atoms with E-state index in [1.54, 1.807) is 0 Å². The number of hydrogen-bond acceptors (Lipinski definition) is 6. The molecule has 3 fully saturated rings. The lowest BCUT2D eigenvalue weighted by molar-refractivity contribution is -0.138. The highest BCUT2D eigenvalue weighted by Crippen LogP contribution is 2.41. The Bertz CT molecular complexity index is 1120. The van der Waals surface area contributed by atoms with E-state index in [2.05, 4.69) is 4.98 Å². The highest BCUT2D eigenvalue weighted by Gasteiger charge is 2.43. The molecule has 0 amide bonds. The lowest BCUT2D eigenvalue weighted by atomic mass is 9.99. The minimum Gasteiger partial charge on any atom is -0.489 e. The molecule has 0 radical (unpaired) electrons. The summed E-state index contributed by atoms with van der Waals surface area (Å²) < 4.78 is 95.3. The van der Waals surface area contributed by atoms with Crippen molar-refractivity contribution >= 4 is 11.8 Å². The number of aromatic nitrogens is 1. The summed E-state index contributed by atoms with van der Waals surface area (Å²) in [5.74, 6) is -0.529. The summed E-state index contributed by atoms with van der Waals surface area (Å²) in [6, 6.07) is 4.93. The first-order valence-electron chi connectivity index (χ1n) is 12.0. The van der Waals surface area contributed by atoms with Gasteiger partial charge in [0.05, 0.1) is 17.7 Å². The topological polar surface area (TPSA) is 60.9 Å². The van der Waals surface area contributed by atoms with Gasteiger partial charge in [0.1, 0.15) is 23.2 Å². The number of ether oxygens (including phenoxy) is 3. The summed E-state index contributed by atoms with van der Waals surface area (Å²) in [5.41, 5.74) is -2.15. The minimum atomic E-state index is -4.66. The van der Waals surface area contributed by atoms with Gasteiger partial charge in [0.2, 0.25) is 6.29 Å². The van der Waals surface area contributed by atoms with Crippen molar-refractivity contribution in [3.05, 3.63) is 53.2 Å². The molecule has 0 saturated carbocycles. The van der Waals surface area contributed by atoms with Gasteiger partial charge in [-0.25, -0.2) is 9.78 Å². The molecule has 2 aromatic rings. The summed E-state index contributed by atoms with van der Waals surface area (Å²) in [4.78, 5) is 18.8. The maximum atomic E-state index is 13.3. The third kappa shape index (κ3) is 5.48. The van der Waals surface area contributed by atoms with Crippen LogP contribution in [0.5, 0.6) is 5.75 Å². The molecule has 12 heteroatoms. The fourth-order valence-electron chi connectivity index (χ4n) is 5.28. The Hall–Kier alpha value is -3.02. The van der Waals surface area contributed by atoms with E-state index in [1.165, 1.54) is 6.07 Å². The number of nitrogens with zero attached hydrogens (tertiary/aromatic N) is 2. The standard InChI is InChI=1S/C25H24F6N2O4/c26-24(27,28)14-3-7-20(19(10-14)23(34)37-22-2-1-9-35-22)36-18-11-16-5-6-17(12-18)33(16)21-8-4-15(13-32-21)25(29,30)31/h3-4,7-8,10,13,16-18,22H,1-2,5-6,9,11-12H2/t16-,17+,18?,22?. The van der Waals surface area contributed by atoms with E-state index in [0.29, 0.717) is 38.1 Å². The van der Waals surface area contributed by atoms with Gasteiger partial charge in [-0.1, -0.05) is 0 Å². The van der Waals surface area contributed by atoms with Crippen LogP contribution in [0.3, 0.4) is 0 Å². The molecule has 1 aromatic heterocycles. The van der Waals surface area contributed by atoms with Crippen molar-refractivity contribution in [2.75, 3.05) is 11.5 Å². The Morgan fingerprint density at radius 2 is 1.62 bits per heavy atom. The van der Waals surface area contributed by atoms with Gasteiger partial charge in [0.25, 0.3) is 0 Å².